The van der Waals surface area contributed by atoms with E-state index in [9.17, 15) is 24.0 Å². The van der Waals surface area contributed by atoms with Gasteiger partial charge >= 0.3 is 0 Å². The second kappa shape index (κ2) is 7.12. The summed E-state index contributed by atoms with van der Waals surface area (Å²) in [6.45, 7) is -0.573. The van der Waals surface area contributed by atoms with Gasteiger partial charge in [0, 0.05) is 6.07 Å². The third kappa shape index (κ3) is 2.73. The molecule has 0 spiro atoms. The maximum atomic E-state index is 13.1. The predicted molar refractivity (Wildman–Crippen MR) is 110 cm³/mol. The van der Waals surface area contributed by atoms with E-state index in [-0.39, 0.29) is 16.8 Å². The summed E-state index contributed by atoms with van der Waals surface area (Å²) in [6, 6.07) is 11.7. The second-order valence-electron chi connectivity index (χ2n) is 7.46. The number of nitrogens with zero attached hydrogens (tertiary/aromatic N) is 3. The van der Waals surface area contributed by atoms with Gasteiger partial charge in [-0.25, -0.2) is 4.90 Å². The third-order valence-electron chi connectivity index (χ3n) is 5.70. The van der Waals surface area contributed by atoms with Gasteiger partial charge in [-0.1, -0.05) is 18.2 Å². The second-order valence-corrected chi connectivity index (χ2v) is 7.46. The molecule has 0 aliphatic carbocycles. The SMILES string of the molecule is COc1cccc(N2C(=O)[C@@H]3C(C(=O)CN4C(=O)c5ccccc5C4=O)=NN[C@@H]3C2=O)c1. The quantitative estimate of drug-likeness (QED) is 0.677. The highest BCUT2D eigenvalue weighted by Gasteiger charge is 2.55. The first-order valence-corrected chi connectivity index (χ1v) is 9.75. The van der Waals surface area contributed by atoms with Gasteiger partial charge in [0.25, 0.3) is 17.7 Å². The lowest BCUT2D eigenvalue weighted by Crippen LogP contribution is -2.41. The average molecular weight is 432 g/mol. The molecule has 160 valence electrons. The number of Topliss-reactive ketones (excluding diaryl/α,β-unsaturated/α-hetero) is 1. The Morgan fingerprint density at radius 1 is 1.00 bits per heavy atom. The first-order chi connectivity index (χ1) is 15.4. The summed E-state index contributed by atoms with van der Waals surface area (Å²) in [4.78, 5) is 65.8. The van der Waals surface area contributed by atoms with Crippen LogP contribution >= 0.6 is 0 Å². The van der Waals surface area contributed by atoms with Gasteiger partial charge in [0.1, 0.15) is 23.4 Å². The monoisotopic (exact) mass is 432 g/mol. The molecule has 0 saturated carbocycles. The van der Waals surface area contributed by atoms with Gasteiger partial charge in [0.15, 0.2) is 5.78 Å². The van der Waals surface area contributed by atoms with Crippen molar-refractivity contribution in [2.45, 2.75) is 6.04 Å². The standard InChI is InChI=1S/C22H16N4O6/c1-32-12-6-4-5-11(9-12)26-21(30)16-17(23-24-18(16)22(26)31)15(27)10-25-19(28)13-7-2-3-8-14(13)20(25)29/h2-9,16,18,24H,10H2,1H3/t16-,18+/m1/s1. The number of carbonyl (C=O) groups excluding carboxylic acids is 5. The minimum Gasteiger partial charge on any atom is -0.497 e. The summed E-state index contributed by atoms with van der Waals surface area (Å²) >= 11 is 0. The van der Waals surface area contributed by atoms with Crippen molar-refractivity contribution in [3.8, 4) is 5.75 Å². The van der Waals surface area contributed by atoms with Crippen molar-refractivity contribution in [1.82, 2.24) is 10.3 Å². The zero-order valence-corrected chi connectivity index (χ0v) is 16.8. The van der Waals surface area contributed by atoms with Gasteiger partial charge < -0.3 is 4.74 Å². The van der Waals surface area contributed by atoms with E-state index in [1.807, 2.05) is 0 Å². The molecule has 10 nitrogen and oxygen atoms in total. The van der Waals surface area contributed by atoms with Crippen molar-refractivity contribution in [3.05, 3.63) is 59.7 Å². The number of anilines is 1. The number of fused-ring (bicyclic) bond motifs is 2. The lowest BCUT2D eigenvalue weighted by atomic mass is 9.95. The Hall–Kier alpha value is -4.34. The maximum Gasteiger partial charge on any atom is 0.261 e. The van der Waals surface area contributed by atoms with E-state index in [1.165, 1.54) is 25.3 Å². The summed E-state index contributed by atoms with van der Waals surface area (Å²) in [5, 5.41) is 3.90. The summed E-state index contributed by atoms with van der Waals surface area (Å²) in [6.07, 6.45) is 0. The molecule has 4 amide bonds. The molecule has 3 aliphatic rings. The number of rotatable bonds is 5. The zero-order chi connectivity index (χ0) is 22.6. The van der Waals surface area contributed by atoms with Crippen LogP contribution in [-0.2, 0) is 14.4 Å². The van der Waals surface area contributed by atoms with Gasteiger partial charge in [-0.15, -0.1) is 0 Å². The Balaban J connectivity index is 1.38. The molecule has 2 atom stereocenters. The number of methoxy groups -OCH3 is 1. The normalized spacial score (nSPS) is 21.5. The molecule has 1 fully saturated rings. The Labute approximate surface area is 181 Å². The number of hydrazone groups is 1. The number of hydrogen-bond acceptors (Lipinski definition) is 8. The van der Waals surface area contributed by atoms with Crippen molar-refractivity contribution in [2.75, 3.05) is 18.6 Å². The summed E-state index contributed by atoms with van der Waals surface area (Å²) in [5.74, 6) is -3.72. The van der Waals surface area contributed by atoms with E-state index in [0.717, 1.165) is 9.80 Å². The molecule has 10 heteroatoms. The molecule has 3 aliphatic heterocycles. The maximum absolute atomic E-state index is 13.1. The zero-order valence-electron chi connectivity index (χ0n) is 16.8. The molecule has 32 heavy (non-hydrogen) atoms. The molecule has 2 aromatic carbocycles. The first kappa shape index (κ1) is 19.6. The summed E-state index contributed by atoms with van der Waals surface area (Å²) < 4.78 is 5.15. The fourth-order valence-corrected chi connectivity index (χ4v) is 4.13. The Morgan fingerprint density at radius 3 is 2.34 bits per heavy atom. The molecular weight excluding hydrogens is 416 g/mol. The molecule has 5 rings (SSSR count). The van der Waals surface area contributed by atoms with Crippen molar-refractivity contribution in [3.63, 3.8) is 0 Å². The highest BCUT2D eigenvalue weighted by atomic mass is 16.5. The van der Waals surface area contributed by atoms with Crippen LogP contribution in [0.15, 0.2) is 53.6 Å². The van der Waals surface area contributed by atoms with E-state index in [1.54, 1.807) is 30.3 Å². The number of carbonyl (C=O) groups is 5. The van der Waals surface area contributed by atoms with E-state index < -0.39 is 47.9 Å². The fourth-order valence-electron chi connectivity index (χ4n) is 4.13. The minimum absolute atomic E-state index is 0.185. The Bertz CT molecular complexity index is 1220. The van der Waals surface area contributed by atoms with Gasteiger partial charge in [-0.05, 0) is 24.3 Å². The lowest BCUT2D eigenvalue weighted by molar-refractivity contribution is -0.122. The molecule has 3 heterocycles. The van der Waals surface area contributed by atoms with Crippen LogP contribution in [0, 0.1) is 5.92 Å². The molecule has 1 saturated heterocycles. The van der Waals surface area contributed by atoms with E-state index in [4.69, 9.17) is 4.74 Å². The number of benzene rings is 2. The molecule has 2 aromatic rings. The largest absolute Gasteiger partial charge is 0.497 e. The Kier molecular flexibility index (Phi) is 4.36. The van der Waals surface area contributed by atoms with Crippen molar-refractivity contribution < 1.29 is 28.7 Å². The molecule has 1 N–H and O–H groups in total. The van der Waals surface area contributed by atoms with Crippen molar-refractivity contribution in [2.24, 2.45) is 11.0 Å². The van der Waals surface area contributed by atoms with E-state index >= 15 is 0 Å². The number of imide groups is 2. The summed E-state index contributed by atoms with van der Waals surface area (Å²) in [7, 11) is 1.46. The Morgan fingerprint density at radius 2 is 1.69 bits per heavy atom. The van der Waals surface area contributed by atoms with Gasteiger partial charge in [-0.2, -0.15) is 5.10 Å². The van der Waals surface area contributed by atoms with Gasteiger partial charge in [0.2, 0.25) is 5.91 Å². The molecular formula is C22H16N4O6. The lowest BCUT2D eigenvalue weighted by Gasteiger charge is -2.17. The van der Waals surface area contributed by atoms with Crippen LogP contribution in [0.2, 0.25) is 0 Å². The smallest absolute Gasteiger partial charge is 0.261 e. The van der Waals surface area contributed by atoms with Crippen LogP contribution in [0.4, 0.5) is 5.69 Å². The topological polar surface area (TPSA) is 125 Å². The molecule has 0 bridgehead atoms. The number of ketones is 1. The fraction of sp³-hybridized carbons (Fsp3) is 0.182. The third-order valence-corrected chi connectivity index (χ3v) is 5.70. The van der Waals surface area contributed by atoms with Crippen LogP contribution in [0.1, 0.15) is 20.7 Å². The van der Waals surface area contributed by atoms with Crippen molar-refractivity contribution in [1.29, 1.82) is 0 Å². The number of ether oxygens (including phenoxy) is 1. The summed E-state index contributed by atoms with van der Waals surface area (Å²) in [5.41, 5.74) is 3.11. The van der Waals surface area contributed by atoms with Crippen LogP contribution in [0.5, 0.6) is 5.75 Å². The van der Waals surface area contributed by atoms with Crippen LogP contribution in [-0.4, -0.2) is 59.7 Å². The predicted octanol–water partition coefficient (Wildman–Crippen LogP) is 0.378. The highest BCUT2D eigenvalue weighted by Crippen LogP contribution is 2.32. The van der Waals surface area contributed by atoms with Crippen molar-refractivity contribution >= 4 is 40.8 Å². The average Bonchev–Trinajstić information content (AvgIpc) is 3.43. The number of nitrogens with one attached hydrogen (secondary N) is 1. The highest BCUT2D eigenvalue weighted by molar-refractivity contribution is 6.49. The molecule has 0 unspecified atom stereocenters. The van der Waals surface area contributed by atoms with Crippen LogP contribution in [0.3, 0.4) is 0 Å². The number of hydrogen-bond donors (Lipinski definition) is 1. The van der Waals surface area contributed by atoms with Gasteiger partial charge in [0.05, 0.1) is 30.5 Å². The molecule has 0 radical (unpaired) electrons. The van der Waals surface area contributed by atoms with E-state index in [2.05, 4.69) is 10.5 Å². The van der Waals surface area contributed by atoms with E-state index in [0.29, 0.717) is 11.4 Å². The van der Waals surface area contributed by atoms with Crippen LogP contribution in [0.25, 0.3) is 0 Å². The number of amides is 4. The minimum atomic E-state index is -1.14. The molecule has 0 aromatic heterocycles. The first-order valence-electron chi connectivity index (χ1n) is 9.75. The van der Waals surface area contributed by atoms with Gasteiger partial charge in [-0.3, -0.25) is 34.3 Å². The van der Waals surface area contributed by atoms with Crippen LogP contribution < -0.4 is 15.1 Å².